The van der Waals surface area contributed by atoms with Crippen LogP contribution in [-0.4, -0.2) is 13.1 Å². The Morgan fingerprint density at radius 2 is 1.79 bits per heavy atom. The zero-order valence-electron chi connectivity index (χ0n) is 14.0. The molecule has 0 spiro atoms. The molecular formula is C21H23NO2. The molecule has 0 atom stereocenters. The van der Waals surface area contributed by atoms with Crippen molar-refractivity contribution in [2.24, 2.45) is 0 Å². The van der Waals surface area contributed by atoms with E-state index < -0.39 is 0 Å². The summed E-state index contributed by atoms with van der Waals surface area (Å²) in [6.45, 7) is 0.726. The van der Waals surface area contributed by atoms with Crippen LogP contribution in [0.4, 0.5) is 5.69 Å². The Morgan fingerprint density at radius 3 is 2.42 bits per heavy atom. The van der Waals surface area contributed by atoms with Gasteiger partial charge in [0, 0.05) is 12.2 Å². The zero-order chi connectivity index (χ0) is 16.8. The first-order chi connectivity index (χ1) is 11.8. The second-order valence-corrected chi connectivity index (χ2v) is 6.09. The normalized spacial score (nSPS) is 14.0. The quantitative estimate of drug-likeness (QED) is 0.784. The highest BCUT2D eigenvalue weighted by atomic mass is 16.5. The monoisotopic (exact) mass is 321 g/mol. The predicted molar refractivity (Wildman–Crippen MR) is 98.0 cm³/mol. The van der Waals surface area contributed by atoms with Crippen LogP contribution in [0.1, 0.15) is 47.2 Å². The molecule has 3 rings (SSSR count). The Balaban J connectivity index is 1.58. The summed E-state index contributed by atoms with van der Waals surface area (Å²) < 4.78 is 4.71. The van der Waals surface area contributed by atoms with Crippen molar-refractivity contribution in [2.75, 3.05) is 12.4 Å². The molecule has 0 unspecified atom stereocenters. The van der Waals surface area contributed by atoms with Crippen molar-refractivity contribution in [1.82, 2.24) is 0 Å². The van der Waals surface area contributed by atoms with Crippen molar-refractivity contribution in [2.45, 2.75) is 32.2 Å². The molecule has 0 aliphatic heterocycles. The fraction of sp³-hybridized carbons (Fsp3) is 0.286. The predicted octanol–water partition coefficient (Wildman–Crippen LogP) is 5.04. The number of anilines is 1. The summed E-state index contributed by atoms with van der Waals surface area (Å²) in [5.74, 6) is -0.304. The maximum atomic E-state index is 11.4. The molecule has 2 aromatic carbocycles. The number of ether oxygens (including phenoxy) is 1. The maximum absolute atomic E-state index is 11.4. The fourth-order valence-electron chi connectivity index (χ4n) is 2.98. The fourth-order valence-corrected chi connectivity index (χ4v) is 2.98. The highest BCUT2D eigenvalue weighted by Crippen LogP contribution is 2.27. The van der Waals surface area contributed by atoms with Crippen LogP contribution in [0.5, 0.6) is 0 Å². The van der Waals surface area contributed by atoms with E-state index in [2.05, 4.69) is 35.7 Å². The number of carbonyl (C=O) groups excluding carboxylic acids is 1. The lowest BCUT2D eigenvalue weighted by molar-refractivity contribution is 0.0600. The third-order valence-corrected chi connectivity index (χ3v) is 4.42. The van der Waals surface area contributed by atoms with Gasteiger partial charge in [-0.2, -0.15) is 0 Å². The first-order valence-electron chi connectivity index (χ1n) is 8.47. The lowest BCUT2D eigenvalue weighted by Crippen LogP contribution is -2.03. The number of benzene rings is 2. The third kappa shape index (κ3) is 4.05. The molecule has 0 amide bonds. The maximum Gasteiger partial charge on any atom is 0.337 e. The van der Waals surface area contributed by atoms with E-state index >= 15 is 0 Å². The van der Waals surface area contributed by atoms with E-state index in [-0.39, 0.29) is 5.97 Å². The smallest absolute Gasteiger partial charge is 0.337 e. The second-order valence-electron chi connectivity index (χ2n) is 6.09. The number of rotatable bonds is 5. The van der Waals surface area contributed by atoms with Crippen LogP contribution in [0.2, 0.25) is 0 Å². The van der Waals surface area contributed by atoms with Gasteiger partial charge < -0.3 is 10.1 Å². The third-order valence-electron chi connectivity index (χ3n) is 4.42. The minimum absolute atomic E-state index is 0.304. The molecule has 0 heterocycles. The average molecular weight is 321 g/mol. The number of hydrogen-bond donors (Lipinski definition) is 1. The Morgan fingerprint density at radius 1 is 1.04 bits per heavy atom. The van der Waals surface area contributed by atoms with Gasteiger partial charge in [0.05, 0.1) is 12.7 Å². The molecule has 0 bridgehead atoms. The van der Waals surface area contributed by atoms with E-state index in [9.17, 15) is 4.79 Å². The second kappa shape index (κ2) is 7.82. The van der Waals surface area contributed by atoms with Gasteiger partial charge in [-0.15, -0.1) is 0 Å². The van der Waals surface area contributed by atoms with Crippen molar-refractivity contribution in [3.63, 3.8) is 0 Å². The van der Waals surface area contributed by atoms with Gasteiger partial charge in [-0.3, -0.25) is 0 Å². The van der Waals surface area contributed by atoms with Crippen molar-refractivity contribution in [3.8, 4) is 0 Å². The SMILES string of the molecule is COC(=O)c1ccc(CNc2ccc(C3=CCCCC3)cc2)cc1. The van der Waals surface area contributed by atoms with Crippen LogP contribution in [0.15, 0.2) is 54.6 Å². The Hall–Kier alpha value is -2.55. The van der Waals surface area contributed by atoms with Crippen LogP contribution < -0.4 is 5.32 Å². The van der Waals surface area contributed by atoms with Gasteiger partial charge in [-0.1, -0.05) is 30.3 Å². The van der Waals surface area contributed by atoms with Crippen LogP contribution in [0.3, 0.4) is 0 Å². The van der Waals surface area contributed by atoms with E-state index in [0.29, 0.717) is 5.56 Å². The summed E-state index contributed by atoms with van der Waals surface area (Å²) in [6, 6.07) is 16.1. The summed E-state index contributed by atoms with van der Waals surface area (Å²) in [5, 5.41) is 3.42. The van der Waals surface area contributed by atoms with Crippen molar-refractivity contribution < 1.29 is 9.53 Å². The lowest BCUT2D eigenvalue weighted by Gasteiger charge is -2.14. The number of nitrogens with one attached hydrogen (secondary N) is 1. The highest BCUT2D eigenvalue weighted by molar-refractivity contribution is 5.89. The molecule has 0 radical (unpaired) electrons. The Labute approximate surface area is 143 Å². The van der Waals surface area contributed by atoms with E-state index in [1.807, 2.05) is 12.1 Å². The van der Waals surface area contributed by atoms with Crippen molar-refractivity contribution in [1.29, 1.82) is 0 Å². The molecule has 0 saturated carbocycles. The van der Waals surface area contributed by atoms with Crippen LogP contribution in [-0.2, 0) is 11.3 Å². The van der Waals surface area contributed by atoms with E-state index in [1.54, 1.807) is 12.1 Å². The topological polar surface area (TPSA) is 38.3 Å². The van der Waals surface area contributed by atoms with Crippen LogP contribution in [0, 0.1) is 0 Å². The van der Waals surface area contributed by atoms with Crippen LogP contribution in [0.25, 0.3) is 5.57 Å². The summed E-state index contributed by atoms with van der Waals surface area (Å²) in [6.07, 6.45) is 7.39. The Bertz CT molecular complexity index is 715. The molecule has 3 nitrogen and oxygen atoms in total. The summed E-state index contributed by atoms with van der Waals surface area (Å²) in [4.78, 5) is 11.4. The highest BCUT2D eigenvalue weighted by Gasteiger charge is 2.06. The summed E-state index contributed by atoms with van der Waals surface area (Å²) >= 11 is 0. The first kappa shape index (κ1) is 16.3. The molecule has 0 saturated heterocycles. The zero-order valence-corrected chi connectivity index (χ0v) is 14.0. The average Bonchev–Trinajstić information content (AvgIpc) is 2.67. The molecule has 1 aliphatic carbocycles. The molecule has 3 heteroatoms. The lowest BCUT2D eigenvalue weighted by atomic mass is 9.94. The van der Waals surface area contributed by atoms with E-state index in [1.165, 1.54) is 43.9 Å². The molecule has 1 N–H and O–H groups in total. The largest absolute Gasteiger partial charge is 0.465 e. The Kier molecular flexibility index (Phi) is 5.32. The van der Waals surface area contributed by atoms with Crippen LogP contribution >= 0.6 is 0 Å². The minimum atomic E-state index is -0.304. The molecule has 1 aliphatic rings. The molecule has 0 fully saturated rings. The summed E-state index contributed by atoms with van der Waals surface area (Å²) in [5.41, 5.74) is 5.62. The van der Waals surface area contributed by atoms with Gasteiger partial charge in [-0.05, 0) is 66.6 Å². The number of hydrogen-bond acceptors (Lipinski definition) is 3. The van der Waals surface area contributed by atoms with Gasteiger partial charge in [0.25, 0.3) is 0 Å². The number of esters is 1. The molecular weight excluding hydrogens is 298 g/mol. The van der Waals surface area contributed by atoms with Gasteiger partial charge in [0.1, 0.15) is 0 Å². The molecule has 0 aromatic heterocycles. The number of carbonyl (C=O) groups is 1. The van der Waals surface area contributed by atoms with Gasteiger partial charge in [-0.25, -0.2) is 4.79 Å². The first-order valence-corrected chi connectivity index (χ1v) is 8.47. The molecule has 124 valence electrons. The van der Waals surface area contributed by atoms with Gasteiger partial charge in [0.2, 0.25) is 0 Å². The number of allylic oxidation sites excluding steroid dienone is 2. The standard InChI is InChI=1S/C21H23NO2/c1-24-21(23)19-9-7-16(8-10-19)15-22-20-13-11-18(12-14-20)17-5-3-2-4-6-17/h5,7-14,22H,2-4,6,15H2,1H3. The van der Waals surface area contributed by atoms with Crippen molar-refractivity contribution >= 4 is 17.2 Å². The molecule has 24 heavy (non-hydrogen) atoms. The van der Waals surface area contributed by atoms with Crippen molar-refractivity contribution in [3.05, 3.63) is 71.3 Å². The van der Waals surface area contributed by atoms with E-state index in [0.717, 1.165) is 17.8 Å². The van der Waals surface area contributed by atoms with E-state index in [4.69, 9.17) is 4.74 Å². The molecule has 2 aromatic rings. The minimum Gasteiger partial charge on any atom is -0.465 e. The number of methoxy groups -OCH3 is 1. The van der Waals surface area contributed by atoms with Gasteiger partial charge in [0.15, 0.2) is 0 Å². The summed E-state index contributed by atoms with van der Waals surface area (Å²) in [7, 11) is 1.39. The van der Waals surface area contributed by atoms with Gasteiger partial charge >= 0.3 is 5.97 Å².